The van der Waals surface area contributed by atoms with Gasteiger partial charge in [0, 0.05) is 12.7 Å². The quantitative estimate of drug-likeness (QED) is 0.778. The van der Waals surface area contributed by atoms with E-state index in [0.29, 0.717) is 0 Å². The van der Waals surface area contributed by atoms with Crippen molar-refractivity contribution >= 4 is 24.2 Å². The number of hydrogen-bond donors (Lipinski definition) is 1. The van der Waals surface area contributed by atoms with E-state index in [1.807, 2.05) is 30.3 Å². The van der Waals surface area contributed by atoms with Gasteiger partial charge in [0.15, 0.2) is 0 Å². The Morgan fingerprint density at radius 1 is 1.40 bits per heavy atom. The molecule has 0 N–H and O–H groups in total. The van der Waals surface area contributed by atoms with E-state index < -0.39 is 0 Å². The minimum Gasteiger partial charge on any atom is -0.315 e. The van der Waals surface area contributed by atoms with E-state index in [4.69, 9.17) is 0 Å². The van der Waals surface area contributed by atoms with Crippen molar-refractivity contribution in [1.29, 1.82) is 0 Å². The second-order valence-corrected chi connectivity index (χ2v) is 4.16. The Balaban J connectivity index is 2.69. The summed E-state index contributed by atoms with van der Waals surface area (Å²) in [6.45, 7) is 2.05. The molecule has 82 valence electrons. The average Bonchev–Trinajstić information content (AvgIpc) is 2.28. The molecule has 1 atom stereocenters. The van der Waals surface area contributed by atoms with Crippen LogP contribution in [0.3, 0.4) is 0 Å². The molecule has 0 heterocycles. The van der Waals surface area contributed by atoms with E-state index in [9.17, 15) is 4.79 Å². The van der Waals surface area contributed by atoms with Crippen molar-refractivity contribution in [3.05, 3.63) is 30.3 Å². The molecule has 0 saturated heterocycles. The topological polar surface area (TPSA) is 20.3 Å². The van der Waals surface area contributed by atoms with Gasteiger partial charge in [0.05, 0.1) is 5.25 Å². The first-order chi connectivity index (χ1) is 7.16. The summed E-state index contributed by atoms with van der Waals surface area (Å²) in [5, 5.41) is -0.194. The van der Waals surface area contributed by atoms with Gasteiger partial charge in [-0.25, -0.2) is 0 Å². The van der Waals surface area contributed by atoms with Crippen LogP contribution in [0.4, 0.5) is 5.69 Å². The van der Waals surface area contributed by atoms with Gasteiger partial charge in [-0.3, -0.25) is 4.79 Å². The molecule has 1 amide bonds. The van der Waals surface area contributed by atoms with E-state index in [-0.39, 0.29) is 11.2 Å². The first-order valence-electron chi connectivity index (χ1n) is 5.17. The van der Waals surface area contributed by atoms with Crippen LogP contribution in [0.2, 0.25) is 0 Å². The van der Waals surface area contributed by atoms with Crippen LogP contribution in [0.25, 0.3) is 0 Å². The molecule has 1 aromatic rings. The molecule has 1 aromatic carbocycles. The van der Waals surface area contributed by atoms with Crippen LogP contribution in [0.1, 0.15) is 19.8 Å². The number of carbonyl (C=O) groups is 1. The maximum Gasteiger partial charge on any atom is 0.239 e. The molecule has 0 aliphatic rings. The fourth-order valence-electron chi connectivity index (χ4n) is 1.40. The maximum atomic E-state index is 11.9. The van der Waals surface area contributed by atoms with Crippen molar-refractivity contribution in [2.75, 3.05) is 11.9 Å². The van der Waals surface area contributed by atoms with Crippen LogP contribution in [0, 0.1) is 0 Å². The molecule has 0 radical (unpaired) electrons. The molecule has 0 spiro atoms. The highest BCUT2D eigenvalue weighted by Gasteiger charge is 2.18. The molecular formula is C12H17NOS. The molecule has 1 rings (SSSR count). The number of amides is 1. The molecular weight excluding hydrogens is 206 g/mol. The van der Waals surface area contributed by atoms with Gasteiger partial charge >= 0.3 is 0 Å². The van der Waals surface area contributed by atoms with E-state index >= 15 is 0 Å². The Morgan fingerprint density at radius 2 is 2.00 bits per heavy atom. The molecule has 2 nitrogen and oxygen atoms in total. The summed E-state index contributed by atoms with van der Waals surface area (Å²) in [6, 6.07) is 9.62. The molecule has 0 aromatic heterocycles. The van der Waals surface area contributed by atoms with Gasteiger partial charge in [0.25, 0.3) is 0 Å². The van der Waals surface area contributed by atoms with Gasteiger partial charge in [-0.15, -0.1) is 0 Å². The Kier molecular flexibility index (Phi) is 4.69. The van der Waals surface area contributed by atoms with Gasteiger partial charge in [-0.2, -0.15) is 12.6 Å². The average molecular weight is 223 g/mol. The lowest BCUT2D eigenvalue weighted by atomic mass is 10.2. The lowest BCUT2D eigenvalue weighted by Gasteiger charge is -2.20. The van der Waals surface area contributed by atoms with Crippen molar-refractivity contribution in [2.45, 2.75) is 25.0 Å². The Bertz CT molecular complexity index is 313. The fourth-order valence-corrected chi connectivity index (χ4v) is 1.83. The van der Waals surface area contributed by atoms with Gasteiger partial charge < -0.3 is 4.90 Å². The smallest absolute Gasteiger partial charge is 0.239 e. The standard InChI is InChI=1S/C12H17NOS/c1-3-7-11(15)12(14)13(2)10-8-5-4-6-9-10/h4-6,8-9,11,15H,3,7H2,1-2H3. The summed E-state index contributed by atoms with van der Waals surface area (Å²) in [6.07, 6.45) is 1.79. The lowest BCUT2D eigenvalue weighted by Crippen LogP contribution is -2.33. The fraction of sp³-hybridized carbons (Fsp3) is 0.417. The lowest BCUT2D eigenvalue weighted by molar-refractivity contribution is -0.117. The predicted octanol–water partition coefficient (Wildman–Crippen LogP) is 2.75. The molecule has 0 saturated carbocycles. The first-order valence-corrected chi connectivity index (χ1v) is 5.69. The highest BCUT2D eigenvalue weighted by Crippen LogP contribution is 2.15. The first kappa shape index (κ1) is 12.1. The summed E-state index contributed by atoms with van der Waals surface area (Å²) in [7, 11) is 1.79. The van der Waals surface area contributed by atoms with Crippen molar-refractivity contribution in [3.63, 3.8) is 0 Å². The van der Waals surface area contributed by atoms with Crippen LogP contribution in [0.5, 0.6) is 0 Å². The molecule has 0 fully saturated rings. The molecule has 1 unspecified atom stereocenters. The zero-order valence-corrected chi connectivity index (χ0v) is 10.1. The predicted molar refractivity (Wildman–Crippen MR) is 67.5 cm³/mol. The highest BCUT2D eigenvalue weighted by molar-refractivity contribution is 7.81. The highest BCUT2D eigenvalue weighted by atomic mass is 32.1. The number of benzene rings is 1. The number of para-hydroxylation sites is 1. The third kappa shape index (κ3) is 3.27. The van der Waals surface area contributed by atoms with Crippen LogP contribution in [-0.4, -0.2) is 18.2 Å². The van der Waals surface area contributed by atoms with Crippen molar-refractivity contribution in [1.82, 2.24) is 0 Å². The Labute approximate surface area is 96.7 Å². The number of rotatable bonds is 4. The summed E-state index contributed by atoms with van der Waals surface area (Å²) >= 11 is 4.30. The summed E-state index contributed by atoms with van der Waals surface area (Å²) in [4.78, 5) is 13.5. The molecule has 0 aliphatic heterocycles. The molecule has 0 bridgehead atoms. The van der Waals surface area contributed by atoms with E-state index in [1.54, 1.807) is 11.9 Å². The van der Waals surface area contributed by atoms with Crippen molar-refractivity contribution in [3.8, 4) is 0 Å². The Morgan fingerprint density at radius 3 is 2.53 bits per heavy atom. The van der Waals surface area contributed by atoms with Crippen molar-refractivity contribution < 1.29 is 4.79 Å². The Hall–Kier alpha value is -0.960. The zero-order chi connectivity index (χ0) is 11.3. The van der Waals surface area contributed by atoms with E-state index in [2.05, 4.69) is 19.6 Å². The molecule has 15 heavy (non-hydrogen) atoms. The van der Waals surface area contributed by atoms with Crippen molar-refractivity contribution in [2.24, 2.45) is 0 Å². The SMILES string of the molecule is CCCC(S)C(=O)N(C)c1ccccc1. The van der Waals surface area contributed by atoms with Crippen LogP contribution >= 0.6 is 12.6 Å². The monoisotopic (exact) mass is 223 g/mol. The number of carbonyl (C=O) groups excluding carboxylic acids is 1. The van der Waals surface area contributed by atoms with Gasteiger partial charge in [0.1, 0.15) is 0 Å². The summed E-state index contributed by atoms with van der Waals surface area (Å²) < 4.78 is 0. The maximum absolute atomic E-state index is 11.9. The van der Waals surface area contributed by atoms with Gasteiger partial charge in [-0.05, 0) is 18.6 Å². The second-order valence-electron chi connectivity index (χ2n) is 3.54. The number of anilines is 1. The van der Waals surface area contributed by atoms with E-state index in [0.717, 1.165) is 18.5 Å². The van der Waals surface area contributed by atoms with E-state index in [1.165, 1.54) is 0 Å². The van der Waals surface area contributed by atoms with Gasteiger partial charge in [-0.1, -0.05) is 31.5 Å². The summed E-state index contributed by atoms with van der Waals surface area (Å²) in [5.74, 6) is 0.0615. The number of hydrogen-bond acceptors (Lipinski definition) is 2. The third-order valence-electron chi connectivity index (χ3n) is 2.32. The van der Waals surface area contributed by atoms with Gasteiger partial charge in [0.2, 0.25) is 5.91 Å². The zero-order valence-electron chi connectivity index (χ0n) is 9.18. The summed E-state index contributed by atoms with van der Waals surface area (Å²) in [5.41, 5.74) is 0.914. The number of nitrogens with zero attached hydrogens (tertiary/aromatic N) is 1. The largest absolute Gasteiger partial charge is 0.315 e. The number of thiol groups is 1. The third-order valence-corrected chi connectivity index (χ3v) is 2.80. The second kappa shape index (κ2) is 5.81. The van der Waals surface area contributed by atoms with Crippen LogP contribution < -0.4 is 4.90 Å². The van der Waals surface area contributed by atoms with Crippen LogP contribution in [-0.2, 0) is 4.79 Å². The molecule has 0 aliphatic carbocycles. The minimum absolute atomic E-state index is 0.0615. The minimum atomic E-state index is -0.194. The molecule has 3 heteroatoms. The van der Waals surface area contributed by atoms with Crippen LogP contribution in [0.15, 0.2) is 30.3 Å². The normalized spacial score (nSPS) is 12.2.